The number of hydrogen-bond acceptors (Lipinski definition) is 4. The van der Waals surface area contributed by atoms with Gasteiger partial charge < -0.3 is 10.1 Å². The van der Waals surface area contributed by atoms with E-state index in [2.05, 4.69) is 10.3 Å². The molecule has 0 aliphatic carbocycles. The van der Waals surface area contributed by atoms with Crippen LogP contribution in [0.3, 0.4) is 0 Å². The van der Waals surface area contributed by atoms with Gasteiger partial charge in [-0.15, -0.1) is 0 Å². The van der Waals surface area contributed by atoms with Gasteiger partial charge in [0.2, 0.25) is 5.95 Å². The Morgan fingerprint density at radius 3 is 2.67 bits per heavy atom. The standard InChI is InChI=1S/C18H18ClN3O2/c1-22-17(23)15-8-5-13(19)11-16(15)21-18(22)20-10-9-12-3-6-14(24-2)7-4-12/h3-8,11H,9-10H2,1-2H3,(H,20,21). The first-order chi connectivity index (χ1) is 11.6. The third kappa shape index (κ3) is 3.36. The van der Waals surface area contributed by atoms with Gasteiger partial charge in [0.1, 0.15) is 5.75 Å². The van der Waals surface area contributed by atoms with Crippen molar-refractivity contribution in [2.24, 2.45) is 7.05 Å². The Morgan fingerprint density at radius 1 is 1.21 bits per heavy atom. The SMILES string of the molecule is COc1ccc(CCNc2nc3cc(Cl)ccc3c(=O)n2C)cc1. The molecule has 6 heteroatoms. The van der Waals surface area contributed by atoms with E-state index < -0.39 is 0 Å². The predicted octanol–water partition coefficient (Wildman–Crippen LogP) is 3.25. The van der Waals surface area contributed by atoms with Crippen molar-refractivity contribution < 1.29 is 4.74 Å². The normalized spacial score (nSPS) is 10.8. The molecule has 2 aromatic carbocycles. The second kappa shape index (κ2) is 6.93. The minimum atomic E-state index is -0.0939. The molecule has 0 radical (unpaired) electrons. The molecule has 124 valence electrons. The quantitative estimate of drug-likeness (QED) is 0.772. The Labute approximate surface area is 144 Å². The maximum atomic E-state index is 12.4. The minimum absolute atomic E-state index is 0.0939. The van der Waals surface area contributed by atoms with Crippen LogP contribution < -0.4 is 15.6 Å². The van der Waals surface area contributed by atoms with Crippen molar-refractivity contribution in [3.05, 3.63) is 63.4 Å². The van der Waals surface area contributed by atoms with Gasteiger partial charge in [0, 0.05) is 18.6 Å². The lowest BCUT2D eigenvalue weighted by Crippen LogP contribution is -2.23. The molecule has 5 nitrogen and oxygen atoms in total. The molecule has 1 heterocycles. The molecule has 0 aliphatic rings. The van der Waals surface area contributed by atoms with E-state index in [0.717, 1.165) is 12.2 Å². The maximum Gasteiger partial charge on any atom is 0.262 e. The number of methoxy groups -OCH3 is 1. The van der Waals surface area contributed by atoms with Gasteiger partial charge in [-0.25, -0.2) is 4.98 Å². The van der Waals surface area contributed by atoms with E-state index in [1.54, 1.807) is 32.4 Å². The van der Waals surface area contributed by atoms with Crippen LogP contribution in [0, 0.1) is 0 Å². The van der Waals surface area contributed by atoms with Crippen molar-refractivity contribution in [1.82, 2.24) is 9.55 Å². The number of fused-ring (bicyclic) bond motifs is 1. The number of nitrogens with zero attached hydrogens (tertiary/aromatic N) is 2. The predicted molar refractivity (Wildman–Crippen MR) is 97.2 cm³/mol. The van der Waals surface area contributed by atoms with E-state index in [0.29, 0.717) is 28.4 Å². The average molecular weight is 344 g/mol. The monoisotopic (exact) mass is 343 g/mol. The summed E-state index contributed by atoms with van der Waals surface area (Å²) < 4.78 is 6.67. The van der Waals surface area contributed by atoms with Crippen molar-refractivity contribution in [3.8, 4) is 5.75 Å². The molecule has 1 aromatic heterocycles. The highest BCUT2D eigenvalue weighted by Crippen LogP contribution is 2.17. The Kier molecular flexibility index (Phi) is 4.71. The van der Waals surface area contributed by atoms with E-state index in [1.165, 1.54) is 10.1 Å². The number of ether oxygens (including phenoxy) is 1. The third-order valence-electron chi connectivity index (χ3n) is 3.89. The second-order valence-corrected chi connectivity index (χ2v) is 5.92. The first kappa shape index (κ1) is 16.3. The molecule has 0 saturated carbocycles. The summed E-state index contributed by atoms with van der Waals surface area (Å²) in [5.41, 5.74) is 1.68. The second-order valence-electron chi connectivity index (χ2n) is 5.49. The van der Waals surface area contributed by atoms with Crippen molar-refractivity contribution in [2.75, 3.05) is 19.0 Å². The molecule has 0 aliphatic heterocycles. The summed E-state index contributed by atoms with van der Waals surface area (Å²) in [4.78, 5) is 16.9. The number of anilines is 1. The zero-order valence-corrected chi connectivity index (χ0v) is 14.3. The van der Waals surface area contributed by atoms with Gasteiger partial charge >= 0.3 is 0 Å². The maximum absolute atomic E-state index is 12.4. The largest absolute Gasteiger partial charge is 0.497 e. The summed E-state index contributed by atoms with van der Waals surface area (Å²) in [6.45, 7) is 0.665. The number of rotatable bonds is 5. The molecule has 0 spiro atoms. The lowest BCUT2D eigenvalue weighted by molar-refractivity contribution is 0.414. The fraction of sp³-hybridized carbons (Fsp3) is 0.222. The van der Waals surface area contributed by atoms with Gasteiger partial charge in [-0.05, 0) is 42.3 Å². The summed E-state index contributed by atoms with van der Waals surface area (Å²) in [6.07, 6.45) is 0.813. The molecule has 3 rings (SSSR count). The summed E-state index contributed by atoms with van der Waals surface area (Å²) in [7, 11) is 3.35. The lowest BCUT2D eigenvalue weighted by Gasteiger charge is -2.11. The Balaban J connectivity index is 1.77. The lowest BCUT2D eigenvalue weighted by atomic mass is 10.1. The van der Waals surface area contributed by atoms with Crippen LogP contribution in [-0.2, 0) is 13.5 Å². The van der Waals surface area contributed by atoms with Gasteiger partial charge in [-0.2, -0.15) is 0 Å². The first-order valence-corrected chi connectivity index (χ1v) is 7.99. The number of hydrogen-bond donors (Lipinski definition) is 1. The molecule has 1 N–H and O–H groups in total. The van der Waals surface area contributed by atoms with Crippen LogP contribution in [0.5, 0.6) is 5.75 Å². The van der Waals surface area contributed by atoms with Gasteiger partial charge in [-0.3, -0.25) is 9.36 Å². The van der Waals surface area contributed by atoms with E-state index in [4.69, 9.17) is 16.3 Å². The third-order valence-corrected chi connectivity index (χ3v) is 4.13. The molecule has 0 saturated heterocycles. The van der Waals surface area contributed by atoms with Gasteiger partial charge in [-0.1, -0.05) is 23.7 Å². The minimum Gasteiger partial charge on any atom is -0.497 e. The van der Waals surface area contributed by atoms with Crippen LogP contribution in [0.1, 0.15) is 5.56 Å². The molecule has 0 amide bonds. The highest BCUT2D eigenvalue weighted by atomic mass is 35.5. The van der Waals surface area contributed by atoms with E-state index in [-0.39, 0.29) is 5.56 Å². The Morgan fingerprint density at radius 2 is 1.96 bits per heavy atom. The summed E-state index contributed by atoms with van der Waals surface area (Å²) >= 11 is 5.99. The van der Waals surface area contributed by atoms with Crippen LogP contribution in [0.4, 0.5) is 5.95 Å². The zero-order chi connectivity index (χ0) is 17.1. The highest BCUT2D eigenvalue weighted by Gasteiger charge is 2.08. The van der Waals surface area contributed by atoms with E-state index in [1.807, 2.05) is 24.3 Å². The van der Waals surface area contributed by atoms with Crippen molar-refractivity contribution in [2.45, 2.75) is 6.42 Å². The number of benzene rings is 2. The van der Waals surface area contributed by atoms with Gasteiger partial charge in [0.15, 0.2) is 0 Å². The van der Waals surface area contributed by atoms with Gasteiger partial charge in [0.25, 0.3) is 5.56 Å². The summed E-state index contributed by atoms with van der Waals surface area (Å²) in [6, 6.07) is 13.0. The fourth-order valence-corrected chi connectivity index (χ4v) is 2.68. The zero-order valence-electron chi connectivity index (χ0n) is 13.5. The molecule has 0 atom stereocenters. The number of halogens is 1. The van der Waals surface area contributed by atoms with E-state index in [9.17, 15) is 4.79 Å². The molecule has 0 unspecified atom stereocenters. The summed E-state index contributed by atoms with van der Waals surface area (Å²) in [5, 5.41) is 4.34. The van der Waals surface area contributed by atoms with Crippen molar-refractivity contribution in [3.63, 3.8) is 0 Å². The Hall–Kier alpha value is -2.53. The smallest absolute Gasteiger partial charge is 0.262 e. The fourth-order valence-electron chi connectivity index (χ4n) is 2.51. The first-order valence-electron chi connectivity index (χ1n) is 7.61. The van der Waals surface area contributed by atoms with Crippen LogP contribution in [0.25, 0.3) is 10.9 Å². The number of nitrogens with one attached hydrogen (secondary N) is 1. The molecular weight excluding hydrogens is 326 g/mol. The van der Waals surface area contributed by atoms with E-state index >= 15 is 0 Å². The Bertz CT molecular complexity index is 920. The van der Waals surface area contributed by atoms with Crippen molar-refractivity contribution >= 4 is 28.5 Å². The molecular formula is C18H18ClN3O2. The molecule has 3 aromatic rings. The van der Waals surface area contributed by atoms with Gasteiger partial charge in [0.05, 0.1) is 18.0 Å². The highest BCUT2D eigenvalue weighted by molar-refractivity contribution is 6.31. The molecule has 0 bridgehead atoms. The molecule has 0 fully saturated rings. The summed E-state index contributed by atoms with van der Waals surface area (Å²) in [5.74, 6) is 1.37. The van der Waals surface area contributed by atoms with Crippen LogP contribution >= 0.6 is 11.6 Å². The number of aromatic nitrogens is 2. The van der Waals surface area contributed by atoms with Crippen LogP contribution in [0.2, 0.25) is 5.02 Å². The topological polar surface area (TPSA) is 56.1 Å². The van der Waals surface area contributed by atoms with Crippen molar-refractivity contribution in [1.29, 1.82) is 0 Å². The molecule has 24 heavy (non-hydrogen) atoms. The average Bonchev–Trinajstić information content (AvgIpc) is 2.59. The van der Waals surface area contributed by atoms with Crippen LogP contribution in [0.15, 0.2) is 47.3 Å². The van der Waals surface area contributed by atoms with Crippen LogP contribution in [-0.4, -0.2) is 23.2 Å².